The molecule has 1 aliphatic heterocycles. The van der Waals surface area contributed by atoms with Crippen molar-refractivity contribution in [2.45, 2.75) is 50.6 Å². The van der Waals surface area contributed by atoms with E-state index in [2.05, 4.69) is 20.9 Å². The van der Waals surface area contributed by atoms with Gasteiger partial charge < -0.3 is 41.0 Å². The Morgan fingerprint density at radius 1 is 1.18 bits per heavy atom. The highest BCUT2D eigenvalue weighted by Crippen LogP contribution is 2.38. The number of aromatic nitrogens is 1. The fraction of sp³-hybridized carbons (Fsp3) is 0.519. The maximum atomic E-state index is 12.5. The van der Waals surface area contributed by atoms with Crippen LogP contribution in [0, 0.1) is 5.92 Å². The van der Waals surface area contributed by atoms with Gasteiger partial charge in [-0.05, 0) is 56.7 Å². The molecule has 206 valence electrons. The minimum absolute atomic E-state index is 0.00669. The number of nitrogens with zero attached hydrogens (tertiary/aromatic N) is 1. The standard InChI is InChI=1S/C27H37N5O6/c1-36-24-16-20(31-27(35)30-19-7-6-18(28)14-19)15-22(32-24)21-4-2-5-23(25(21)33)38-11-3-10-29-26(34)17-8-12-37-13-9-17/h2,4-5,15-19,33H,3,6-14,28H2,1H3,(H,29,34)(H2,30,31,32,35)/t18-,19+/m0/s1. The molecular formula is C27H37N5O6. The van der Waals surface area contributed by atoms with Crippen LogP contribution in [0.5, 0.6) is 17.4 Å². The lowest BCUT2D eigenvalue weighted by Gasteiger charge is -2.21. The Labute approximate surface area is 222 Å². The second-order valence-electron chi connectivity index (χ2n) is 9.68. The number of nitrogens with two attached hydrogens (primary N) is 1. The Morgan fingerprint density at radius 2 is 2.00 bits per heavy atom. The number of phenolic OH excluding ortho intramolecular Hbond substituents is 1. The maximum absolute atomic E-state index is 12.5. The number of aromatic hydroxyl groups is 1. The van der Waals surface area contributed by atoms with Crippen LogP contribution in [0.25, 0.3) is 11.3 Å². The quantitative estimate of drug-likeness (QED) is 0.295. The third-order valence-corrected chi connectivity index (χ3v) is 6.82. The van der Waals surface area contributed by atoms with Crippen molar-refractivity contribution < 1.29 is 28.9 Å². The van der Waals surface area contributed by atoms with E-state index in [4.69, 9.17) is 19.9 Å². The monoisotopic (exact) mass is 527 g/mol. The summed E-state index contributed by atoms with van der Waals surface area (Å²) in [6.07, 6.45) is 4.58. The minimum atomic E-state index is -0.339. The van der Waals surface area contributed by atoms with E-state index in [1.807, 2.05) is 0 Å². The summed E-state index contributed by atoms with van der Waals surface area (Å²) >= 11 is 0. The molecule has 3 amide bonds. The molecule has 11 nitrogen and oxygen atoms in total. The van der Waals surface area contributed by atoms with Gasteiger partial charge in [-0.15, -0.1) is 0 Å². The van der Waals surface area contributed by atoms with E-state index >= 15 is 0 Å². The molecule has 2 aromatic rings. The van der Waals surface area contributed by atoms with E-state index in [-0.39, 0.29) is 41.6 Å². The fourth-order valence-corrected chi connectivity index (χ4v) is 4.74. The minimum Gasteiger partial charge on any atom is -0.504 e. The fourth-order valence-electron chi connectivity index (χ4n) is 4.74. The van der Waals surface area contributed by atoms with Gasteiger partial charge in [-0.3, -0.25) is 4.79 Å². The number of pyridine rings is 1. The highest BCUT2D eigenvalue weighted by molar-refractivity contribution is 5.90. The summed E-state index contributed by atoms with van der Waals surface area (Å²) in [5.41, 5.74) is 7.25. The first kappa shape index (κ1) is 27.5. The van der Waals surface area contributed by atoms with Crippen molar-refractivity contribution in [1.82, 2.24) is 15.6 Å². The number of amides is 3. The summed E-state index contributed by atoms with van der Waals surface area (Å²) < 4.78 is 16.4. The Morgan fingerprint density at radius 3 is 2.74 bits per heavy atom. The van der Waals surface area contributed by atoms with Crippen LogP contribution in [0.1, 0.15) is 38.5 Å². The lowest BCUT2D eigenvalue weighted by atomic mass is 9.99. The zero-order valence-corrected chi connectivity index (χ0v) is 21.7. The predicted octanol–water partition coefficient (Wildman–Crippen LogP) is 2.78. The molecule has 2 aliphatic rings. The molecular weight excluding hydrogens is 490 g/mol. The number of para-hydroxylation sites is 1. The van der Waals surface area contributed by atoms with Crippen LogP contribution < -0.4 is 31.2 Å². The Bertz CT molecular complexity index is 1110. The van der Waals surface area contributed by atoms with Gasteiger partial charge in [0.15, 0.2) is 11.5 Å². The Balaban J connectivity index is 1.34. The summed E-state index contributed by atoms with van der Waals surface area (Å²) in [6.45, 7) is 2.05. The largest absolute Gasteiger partial charge is 0.504 e. The van der Waals surface area contributed by atoms with Gasteiger partial charge in [0.25, 0.3) is 0 Å². The summed E-state index contributed by atoms with van der Waals surface area (Å²) in [5, 5.41) is 19.6. The molecule has 1 aromatic heterocycles. The number of hydrogen-bond donors (Lipinski definition) is 5. The number of hydrogen-bond acceptors (Lipinski definition) is 8. The summed E-state index contributed by atoms with van der Waals surface area (Å²) in [7, 11) is 1.48. The van der Waals surface area contributed by atoms with Gasteiger partial charge in [0.2, 0.25) is 11.8 Å². The lowest BCUT2D eigenvalue weighted by Crippen LogP contribution is -2.37. The third-order valence-electron chi connectivity index (χ3n) is 6.82. The number of carbonyl (C=O) groups is 2. The van der Waals surface area contributed by atoms with E-state index in [1.165, 1.54) is 7.11 Å². The van der Waals surface area contributed by atoms with E-state index in [0.29, 0.717) is 55.5 Å². The van der Waals surface area contributed by atoms with Crippen molar-refractivity contribution in [2.24, 2.45) is 11.7 Å². The molecule has 2 atom stereocenters. The van der Waals surface area contributed by atoms with E-state index in [9.17, 15) is 14.7 Å². The number of carbonyl (C=O) groups excluding carboxylic acids is 2. The van der Waals surface area contributed by atoms with Crippen molar-refractivity contribution in [3.05, 3.63) is 30.3 Å². The second-order valence-corrected chi connectivity index (χ2v) is 9.68. The van der Waals surface area contributed by atoms with Crippen LogP contribution in [0.3, 0.4) is 0 Å². The van der Waals surface area contributed by atoms with Crippen LogP contribution in [-0.2, 0) is 9.53 Å². The van der Waals surface area contributed by atoms with Crippen LogP contribution in [0.15, 0.2) is 30.3 Å². The van der Waals surface area contributed by atoms with Crippen molar-refractivity contribution in [2.75, 3.05) is 38.8 Å². The molecule has 1 saturated carbocycles. The van der Waals surface area contributed by atoms with Crippen molar-refractivity contribution >= 4 is 17.6 Å². The SMILES string of the molecule is COc1cc(NC(=O)N[C@@H]2CC[C@H](N)C2)cc(-c2cccc(OCCCNC(=O)C3CCOCC3)c2O)n1. The molecule has 6 N–H and O–H groups in total. The zero-order chi connectivity index (χ0) is 26.9. The molecule has 0 unspecified atom stereocenters. The predicted molar refractivity (Wildman–Crippen MR) is 142 cm³/mol. The molecule has 1 aromatic carbocycles. The maximum Gasteiger partial charge on any atom is 0.319 e. The molecule has 11 heteroatoms. The van der Waals surface area contributed by atoms with Crippen molar-refractivity contribution in [3.63, 3.8) is 0 Å². The van der Waals surface area contributed by atoms with E-state index in [0.717, 1.165) is 32.1 Å². The number of benzene rings is 1. The molecule has 2 heterocycles. The molecule has 0 radical (unpaired) electrons. The normalized spacial score (nSPS) is 19.5. The van der Waals surface area contributed by atoms with Gasteiger partial charge in [0.1, 0.15) is 0 Å². The number of urea groups is 1. The molecule has 0 spiro atoms. The van der Waals surface area contributed by atoms with Gasteiger partial charge in [-0.1, -0.05) is 6.07 Å². The van der Waals surface area contributed by atoms with Crippen molar-refractivity contribution in [1.29, 1.82) is 0 Å². The van der Waals surface area contributed by atoms with Crippen LogP contribution in [0.4, 0.5) is 10.5 Å². The number of anilines is 1. The first-order chi connectivity index (χ1) is 18.4. The number of rotatable bonds is 10. The van der Waals surface area contributed by atoms with Crippen LogP contribution >= 0.6 is 0 Å². The average molecular weight is 528 g/mol. The number of nitrogens with one attached hydrogen (secondary N) is 3. The molecule has 2 fully saturated rings. The lowest BCUT2D eigenvalue weighted by molar-refractivity contribution is -0.127. The highest BCUT2D eigenvalue weighted by Gasteiger charge is 2.24. The van der Waals surface area contributed by atoms with Crippen molar-refractivity contribution in [3.8, 4) is 28.6 Å². The summed E-state index contributed by atoms with van der Waals surface area (Å²) in [5.74, 6) is 0.564. The first-order valence-electron chi connectivity index (χ1n) is 13.1. The van der Waals surface area contributed by atoms with Gasteiger partial charge >= 0.3 is 6.03 Å². The topological polar surface area (TPSA) is 157 Å². The van der Waals surface area contributed by atoms with Gasteiger partial charge in [0, 0.05) is 55.1 Å². The third kappa shape index (κ3) is 7.48. The number of methoxy groups -OCH3 is 1. The Kier molecular flexibility index (Phi) is 9.61. The smallest absolute Gasteiger partial charge is 0.319 e. The number of ether oxygens (including phenoxy) is 3. The van der Waals surface area contributed by atoms with Crippen LogP contribution in [0.2, 0.25) is 0 Å². The molecule has 4 rings (SSSR count). The zero-order valence-electron chi connectivity index (χ0n) is 21.7. The van der Waals surface area contributed by atoms with Gasteiger partial charge in [0.05, 0.1) is 19.4 Å². The van der Waals surface area contributed by atoms with E-state index in [1.54, 1.807) is 30.3 Å². The van der Waals surface area contributed by atoms with E-state index < -0.39 is 0 Å². The molecule has 1 saturated heterocycles. The molecule has 0 bridgehead atoms. The van der Waals surface area contributed by atoms with Gasteiger partial charge in [-0.2, -0.15) is 0 Å². The van der Waals surface area contributed by atoms with Gasteiger partial charge in [-0.25, -0.2) is 9.78 Å². The summed E-state index contributed by atoms with van der Waals surface area (Å²) in [6, 6.07) is 8.21. The number of phenols is 1. The molecule has 38 heavy (non-hydrogen) atoms. The molecule has 1 aliphatic carbocycles. The average Bonchev–Trinajstić information content (AvgIpc) is 3.33. The Hall–Kier alpha value is -3.57. The summed E-state index contributed by atoms with van der Waals surface area (Å²) in [4.78, 5) is 29.2. The van der Waals surface area contributed by atoms with Crippen LogP contribution in [-0.4, -0.2) is 67.6 Å². The highest BCUT2D eigenvalue weighted by atomic mass is 16.5. The second kappa shape index (κ2) is 13.3. The first-order valence-corrected chi connectivity index (χ1v) is 13.1.